The minimum absolute atomic E-state index is 0.0425. The number of benzene rings is 1. The predicted octanol–water partition coefficient (Wildman–Crippen LogP) is 1.07. The summed E-state index contributed by atoms with van der Waals surface area (Å²) in [5, 5.41) is 10.8. The Bertz CT molecular complexity index is 1130. The average molecular weight is 380 g/mol. The van der Waals surface area contributed by atoms with Crippen LogP contribution in [0.1, 0.15) is 0 Å². The van der Waals surface area contributed by atoms with Gasteiger partial charge in [0.05, 0.1) is 17.5 Å². The molecular weight excluding hydrogens is 366 g/mol. The first-order chi connectivity index (χ1) is 12.3. The van der Waals surface area contributed by atoms with Crippen LogP contribution in [0.3, 0.4) is 0 Å². The van der Waals surface area contributed by atoms with E-state index in [0.29, 0.717) is 5.75 Å². The number of hydrogen-bond acceptors (Lipinski definition) is 6. The lowest BCUT2D eigenvalue weighted by molar-refractivity contribution is -0.384. The van der Waals surface area contributed by atoms with Crippen LogP contribution >= 0.6 is 11.6 Å². The van der Waals surface area contributed by atoms with Gasteiger partial charge in [0.2, 0.25) is 5.28 Å². The molecule has 0 aliphatic heterocycles. The number of imidazole rings is 1. The SMILES string of the molecule is Cn1c(=O)c2c(nc(Cl)n2CCOc2cccc([N+](=O)[O-])c2)n(C)c1=O. The third-order valence-corrected chi connectivity index (χ3v) is 4.20. The Morgan fingerprint density at radius 3 is 2.69 bits per heavy atom. The lowest BCUT2D eigenvalue weighted by Crippen LogP contribution is -2.37. The third kappa shape index (κ3) is 2.94. The van der Waals surface area contributed by atoms with Crippen LogP contribution in [-0.2, 0) is 20.6 Å². The monoisotopic (exact) mass is 379 g/mol. The fourth-order valence-electron chi connectivity index (χ4n) is 2.57. The zero-order valence-electron chi connectivity index (χ0n) is 13.9. The molecule has 0 fully saturated rings. The summed E-state index contributed by atoms with van der Waals surface area (Å²) in [6.45, 7) is 0.268. The summed E-state index contributed by atoms with van der Waals surface area (Å²) in [7, 11) is 2.87. The van der Waals surface area contributed by atoms with Gasteiger partial charge < -0.3 is 9.30 Å². The van der Waals surface area contributed by atoms with Crippen molar-refractivity contribution in [1.82, 2.24) is 18.7 Å². The van der Waals surface area contributed by atoms with E-state index in [0.717, 1.165) is 4.57 Å². The maximum absolute atomic E-state index is 12.4. The van der Waals surface area contributed by atoms with E-state index in [2.05, 4.69) is 4.98 Å². The number of nitro benzene ring substituents is 1. The number of halogens is 1. The Morgan fingerprint density at radius 2 is 2.00 bits per heavy atom. The van der Waals surface area contributed by atoms with Crippen LogP contribution < -0.4 is 16.0 Å². The van der Waals surface area contributed by atoms with Crippen LogP contribution in [-0.4, -0.2) is 30.2 Å². The number of non-ortho nitro benzene ring substituents is 1. The second-order valence-electron chi connectivity index (χ2n) is 5.51. The van der Waals surface area contributed by atoms with E-state index in [4.69, 9.17) is 16.3 Å². The van der Waals surface area contributed by atoms with Crippen molar-refractivity contribution >= 4 is 28.5 Å². The van der Waals surface area contributed by atoms with Crippen molar-refractivity contribution in [2.45, 2.75) is 6.54 Å². The molecule has 0 bridgehead atoms. The van der Waals surface area contributed by atoms with Crippen molar-refractivity contribution in [3.05, 3.63) is 60.5 Å². The third-order valence-electron chi connectivity index (χ3n) is 3.91. The molecule has 11 heteroatoms. The predicted molar refractivity (Wildman–Crippen MR) is 93.8 cm³/mol. The van der Waals surface area contributed by atoms with Crippen LogP contribution in [0.4, 0.5) is 5.69 Å². The number of ether oxygens (including phenoxy) is 1. The molecule has 0 aliphatic carbocycles. The van der Waals surface area contributed by atoms with Gasteiger partial charge in [0.15, 0.2) is 11.2 Å². The average Bonchev–Trinajstić information content (AvgIpc) is 2.95. The molecule has 1 aromatic carbocycles. The minimum Gasteiger partial charge on any atom is -0.491 e. The van der Waals surface area contributed by atoms with E-state index < -0.39 is 16.2 Å². The normalized spacial score (nSPS) is 11.0. The topological polar surface area (TPSA) is 114 Å². The molecular formula is C15H14ClN5O5. The molecule has 136 valence electrons. The number of aryl methyl sites for hydroxylation is 1. The molecule has 10 nitrogen and oxygen atoms in total. The van der Waals surface area contributed by atoms with Gasteiger partial charge in [-0.15, -0.1) is 0 Å². The molecule has 0 saturated heterocycles. The van der Waals surface area contributed by atoms with E-state index in [1.165, 1.54) is 41.4 Å². The van der Waals surface area contributed by atoms with Crippen molar-refractivity contribution in [1.29, 1.82) is 0 Å². The summed E-state index contributed by atoms with van der Waals surface area (Å²) in [6, 6.07) is 5.76. The lowest BCUT2D eigenvalue weighted by Gasteiger charge is -2.09. The molecule has 26 heavy (non-hydrogen) atoms. The Labute approximate surface area is 151 Å². The standard InChI is InChI=1S/C15H14ClN5O5/c1-18-12-11(13(22)19(2)15(18)23)20(14(16)17-12)6-7-26-10-5-3-4-9(8-10)21(24)25/h3-5,8H,6-7H2,1-2H3. The minimum atomic E-state index is -0.517. The first kappa shape index (κ1) is 17.7. The molecule has 2 aromatic heterocycles. The number of nitrogens with zero attached hydrogens (tertiary/aromatic N) is 5. The van der Waals surface area contributed by atoms with E-state index >= 15 is 0 Å². The molecule has 0 atom stereocenters. The van der Waals surface area contributed by atoms with Gasteiger partial charge in [0, 0.05) is 20.2 Å². The molecule has 0 N–H and O–H groups in total. The largest absolute Gasteiger partial charge is 0.491 e. The summed E-state index contributed by atoms with van der Waals surface area (Å²) < 4.78 is 9.16. The Morgan fingerprint density at radius 1 is 1.27 bits per heavy atom. The number of nitro groups is 1. The van der Waals surface area contributed by atoms with Gasteiger partial charge >= 0.3 is 5.69 Å². The Balaban J connectivity index is 1.89. The highest BCUT2D eigenvalue weighted by atomic mass is 35.5. The zero-order valence-corrected chi connectivity index (χ0v) is 14.6. The van der Waals surface area contributed by atoms with Crippen molar-refractivity contribution in [2.75, 3.05) is 6.61 Å². The Hall–Kier alpha value is -3.14. The summed E-state index contributed by atoms with van der Waals surface area (Å²) in [5.74, 6) is 0.319. The fraction of sp³-hybridized carbons (Fsp3) is 0.267. The second kappa shape index (κ2) is 6.64. The van der Waals surface area contributed by atoms with Crippen molar-refractivity contribution in [2.24, 2.45) is 14.1 Å². The van der Waals surface area contributed by atoms with Gasteiger partial charge in [-0.1, -0.05) is 6.07 Å². The van der Waals surface area contributed by atoms with Crippen molar-refractivity contribution in [3.63, 3.8) is 0 Å². The van der Waals surface area contributed by atoms with Gasteiger partial charge in [-0.25, -0.2) is 4.79 Å². The highest BCUT2D eigenvalue weighted by Gasteiger charge is 2.18. The van der Waals surface area contributed by atoms with Gasteiger partial charge in [-0.2, -0.15) is 4.98 Å². The number of rotatable bonds is 5. The van der Waals surface area contributed by atoms with Crippen LogP contribution in [0.25, 0.3) is 11.2 Å². The van der Waals surface area contributed by atoms with Gasteiger partial charge in [-0.3, -0.25) is 24.0 Å². The lowest BCUT2D eigenvalue weighted by atomic mass is 10.3. The number of hydrogen-bond donors (Lipinski definition) is 0. The molecule has 0 amide bonds. The Kier molecular flexibility index (Phi) is 4.51. The molecule has 0 aliphatic rings. The first-order valence-electron chi connectivity index (χ1n) is 7.50. The molecule has 0 saturated carbocycles. The summed E-state index contributed by atoms with van der Waals surface area (Å²) >= 11 is 6.11. The smallest absolute Gasteiger partial charge is 0.332 e. The maximum atomic E-state index is 12.4. The molecule has 0 unspecified atom stereocenters. The molecule has 3 aromatic rings. The van der Waals surface area contributed by atoms with E-state index in [1.54, 1.807) is 6.07 Å². The van der Waals surface area contributed by atoms with Crippen molar-refractivity contribution < 1.29 is 9.66 Å². The first-order valence-corrected chi connectivity index (χ1v) is 7.88. The molecule has 2 heterocycles. The highest BCUT2D eigenvalue weighted by molar-refractivity contribution is 6.29. The molecule has 3 rings (SSSR count). The van der Waals surface area contributed by atoms with Gasteiger partial charge in [0.1, 0.15) is 12.4 Å². The summed E-state index contributed by atoms with van der Waals surface area (Å²) in [5.41, 5.74) is -0.743. The zero-order chi connectivity index (χ0) is 19.0. The van der Waals surface area contributed by atoms with Gasteiger partial charge in [-0.05, 0) is 17.7 Å². The molecule has 0 radical (unpaired) electrons. The quantitative estimate of drug-likeness (QED) is 0.372. The van der Waals surface area contributed by atoms with Gasteiger partial charge in [0.25, 0.3) is 11.2 Å². The van der Waals surface area contributed by atoms with E-state index in [9.17, 15) is 19.7 Å². The van der Waals surface area contributed by atoms with E-state index in [-0.39, 0.29) is 35.3 Å². The summed E-state index contributed by atoms with van der Waals surface area (Å²) in [6.07, 6.45) is 0. The second-order valence-corrected chi connectivity index (χ2v) is 5.85. The van der Waals surface area contributed by atoms with Crippen molar-refractivity contribution in [3.8, 4) is 5.75 Å². The highest BCUT2D eigenvalue weighted by Crippen LogP contribution is 2.20. The van der Waals surface area contributed by atoms with E-state index in [1.807, 2.05) is 0 Å². The van der Waals surface area contributed by atoms with Crippen LogP contribution in [0.5, 0.6) is 5.75 Å². The number of aromatic nitrogens is 4. The van der Waals surface area contributed by atoms with Crippen LogP contribution in [0.15, 0.2) is 33.9 Å². The molecule has 0 spiro atoms. The van der Waals surface area contributed by atoms with Crippen LogP contribution in [0, 0.1) is 10.1 Å². The summed E-state index contributed by atoms with van der Waals surface area (Å²) in [4.78, 5) is 38.7. The number of fused-ring (bicyclic) bond motifs is 1. The van der Waals surface area contributed by atoms with Crippen LogP contribution in [0.2, 0.25) is 5.28 Å². The maximum Gasteiger partial charge on any atom is 0.332 e. The fourth-order valence-corrected chi connectivity index (χ4v) is 2.81.